The van der Waals surface area contributed by atoms with Crippen LogP contribution in [0.1, 0.15) is 181 Å². The van der Waals surface area contributed by atoms with Gasteiger partial charge in [0.15, 0.2) is 12.1 Å². The molecule has 368 valence electrons. The monoisotopic (exact) mass is 905 g/mol. The lowest BCUT2D eigenvalue weighted by atomic mass is 10.1. The highest BCUT2D eigenvalue weighted by molar-refractivity contribution is 5.72. The van der Waals surface area contributed by atoms with Crippen LogP contribution in [0.4, 0.5) is 0 Å². The predicted molar refractivity (Wildman–Crippen MR) is 275 cm³/mol. The van der Waals surface area contributed by atoms with E-state index in [1.54, 1.807) is 0 Å². The van der Waals surface area contributed by atoms with Gasteiger partial charge in [-0.2, -0.15) is 0 Å². The molecule has 1 N–H and O–H groups in total. The van der Waals surface area contributed by atoms with Crippen LogP contribution in [0.25, 0.3) is 0 Å². The second-order valence-electron chi connectivity index (χ2n) is 17.7. The first-order chi connectivity index (χ1) is 31.6. The first-order valence-electron chi connectivity index (χ1n) is 25.5. The van der Waals surface area contributed by atoms with E-state index in [1.165, 1.54) is 32.1 Å². The van der Waals surface area contributed by atoms with Crippen molar-refractivity contribution in [2.24, 2.45) is 0 Å². The van der Waals surface area contributed by atoms with Gasteiger partial charge in [-0.15, -0.1) is 0 Å². The van der Waals surface area contributed by atoms with E-state index in [0.29, 0.717) is 19.3 Å². The van der Waals surface area contributed by atoms with Crippen LogP contribution in [0, 0.1) is 0 Å². The molecule has 0 fully saturated rings. The molecular weight excluding hydrogens is 811 g/mol. The van der Waals surface area contributed by atoms with Crippen LogP contribution in [-0.2, 0) is 28.6 Å². The van der Waals surface area contributed by atoms with Crippen LogP contribution in [0.2, 0.25) is 0 Å². The van der Waals surface area contributed by atoms with Crippen molar-refractivity contribution in [3.63, 3.8) is 0 Å². The first-order valence-corrected chi connectivity index (χ1v) is 25.5. The van der Waals surface area contributed by atoms with Crippen molar-refractivity contribution in [1.82, 2.24) is 0 Å². The second kappa shape index (κ2) is 46.5. The van der Waals surface area contributed by atoms with E-state index >= 15 is 0 Å². The average molecular weight is 905 g/mol. The van der Waals surface area contributed by atoms with Crippen LogP contribution in [0.3, 0.4) is 0 Å². The fourth-order valence-corrected chi connectivity index (χ4v) is 6.80. The van der Waals surface area contributed by atoms with Gasteiger partial charge in [0, 0.05) is 19.3 Å². The van der Waals surface area contributed by atoms with Crippen molar-refractivity contribution >= 4 is 17.9 Å². The van der Waals surface area contributed by atoms with E-state index in [2.05, 4.69) is 123 Å². The van der Waals surface area contributed by atoms with Gasteiger partial charge >= 0.3 is 17.9 Å². The maximum atomic E-state index is 12.8. The fraction of sp³-hybridized carbons (Fsp3) is 0.632. The molecule has 0 bridgehead atoms. The van der Waals surface area contributed by atoms with Crippen LogP contribution in [0.5, 0.6) is 0 Å². The maximum absolute atomic E-state index is 12.8. The molecule has 0 aliphatic rings. The summed E-state index contributed by atoms with van der Waals surface area (Å²) in [6.45, 7) is 4.54. The number of allylic oxidation sites excluding steroid dienone is 18. The molecule has 0 aliphatic carbocycles. The molecule has 0 saturated carbocycles. The third kappa shape index (κ3) is 45.0. The lowest BCUT2D eigenvalue weighted by molar-refractivity contribution is -0.887. The van der Waals surface area contributed by atoms with Crippen molar-refractivity contribution in [3.8, 4) is 0 Å². The number of nitrogens with zero attached hydrogens (tertiary/aromatic N) is 1. The number of carboxylic acids is 1. The summed E-state index contributed by atoms with van der Waals surface area (Å²) in [5.41, 5.74) is 0. The summed E-state index contributed by atoms with van der Waals surface area (Å²) in [5.74, 6) is -1.54. The molecule has 0 saturated heterocycles. The summed E-state index contributed by atoms with van der Waals surface area (Å²) in [4.78, 5) is 37.2. The minimum Gasteiger partial charge on any atom is -0.477 e. The van der Waals surface area contributed by atoms with E-state index in [4.69, 9.17) is 14.2 Å². The SMILES string of the molecule is CC/C=C/C/C=C/C/C=C/C/C=C/C/C=C/C/C=C/CCCCCCC(=O)OCC(COCCC(C(=O)O)[N+](C)(C)C)OC(=O)CCCCCCC/C=C/C=C/C=C/CCCCCCC. The van der Waals surface area contributed by atoms with Crippen molar-refractivity contribution in [2.45, 2.75) is 193 Å². The zero-order valence-corrected chi connectivity index (χ0v) is 41.9. The van der Waals surface area contributed by atoms with E-state index in [-0.39, 0.29) is 36.2 Å². The largest absolute Gasteiger partial charge is 0.477 e. The Hall–Kier alpha value is -4.01. The smallest absolute Gasteiger partial charge is 0.362 e. The van der Waals surface area contributed by atoms with E-state index in [9.17, 15) is 19.5 Å². The van der Waals surface area contributed by atoms with Gasteiger partial charge in [-0.3, -0.25) is 9.59 Å². The summed E-state index contributed by atoms with van der Waals surface area (Å²) in [5, 5.41) is 9.65. The van der Waals surface area contributed by atoms with Crippen molar-refractivity contribution < 1.29 is 38.2 Å². The number of hydrogen-bond donors (Lipinski definition) is 1. The number of quaternary nitrogens is 1. The Morgan fingerprint density at radius 3 is 1.40 bits per heavy atom. The summed E-state index contributed by atoms with van der Waals surface area (Å²) in [6, 6.07) is -0.630. The molecule has 2 atom stereocenters. The fourth-order valence-electron chi connectivity index (χ4n) is 6.80. The van der Waals surface area contributed by atoms with E-state index in [1.807, 2.05) is 21.1 Å². The Bertz CT molecular complexity index is 1420. The second-order valence-corrected chi connectivity index (χ2v) is 17.7. The van der Waals surface area contributed by atoms with E-state index < -0.39 is 18.1 Å². The molecule has 0 aromatic heterocycles. The number of carbonyl (C=O) groups excluding carboxylic acids is 2. The van der Waals surface area contributed by atoms with Crippen LogP contribution in [-0.4, -0.2) is 80.6 Å². The number of esters is 2. The normalized spacial score (nSPS) is 13.8. The number of ether oxygens (including phenoxy) is 3. The topological polar surface area (TPSA) is 99.1 Å². The molecule has 0 rings (SSSR count). The number of carbonyl (C=O) groups is 3. The lowest BCUT2D eigenvalue weighted by Crippen LogP contribution is -2.50. The zero-order valence-electron chi connectivity index (χ0n) is 41.9. The lowest BCUT2D eigenvalue weighted by Gasteiger charge is -2.31. The minimum atomic E-state index is -0.887. The molecule has 2 unspecified atom stereocenters. The Kier molecular flexibility index (Phi) is 43.6. The molecule has 0 amide bonds. The number of rotatable bonds is 44. The van der Waals surface area contributed by atoms with Crippen molar-refractivity contribution in [1.29, 1.82) is 0 Å². The quantitative estimate of drug-likeness (QED) is 0.0214. The van der Waals surface area contributed by atoms with Crippen LogP contribution in [0.15, 0.2) is 109 Å². The predicted octanol–water partition coefficient (Wildman–Crippen LogP) is 14.8. The first kappa shape index (κ1) is 61.0. The van der Waals surface area contributed by atoms with E-state index in [0.717, 1.165) is 116 Å². The molecule has 8 nitrogen and oxygen atoms in total. The molecule has 65 heavy (non-hydrogen) atoms. The Balaban J connectivity index is 4.38. The molecular formula is C57H94NO7+. The number of carboxylic acid groups (broad SMARTS) is 1. The standard InChI is InChI=1S/C57H93NO7/c1-6-8-10-12-14-16-18-20-22-24-26-27-28-29-30-32-33-35-37-39-41-43-45-47-55(59)64-52-53(51-63-50-49-54(57(61)62)58(3,4)5)65-56(60)48-46-44-42-40-38-36-34-31-25-23-21-19-17-15-13-11-9-7-2/h8,10,14,16,19-23,25-27,29-31,33-35,53-54H,6-7,9,11-13,15,17-18,24,28,32,36-52H2,1-5H3/p+1/b10-8+,16-14+,21-19+,22-20+,25-23+,27-26+,30-29+,34-31+,35-33+. The summed E-state index contributed by atoms with van der Waals surface area (Å²) in [7, 11) is 5.51. The Labute approximate surface area is 398 Å². The Morgan fingerprint density at radius 2 is 0.923 bits per heavy atom. The van der Waals surface area contributed by atoms with Crippen molar-refractivity contribution in [3.05, 3.63) is 109 Å². The maximum Gasteiger partial charge on any atom is 0.362 e. The van der Waals surface area contributed by atoms with Gasteiger partial charge in [-0.05, 0) is 89.9 Å². The van der Waals surface area contributed by atoms with Crippen molar-refractivity contribution in [2.75, 3.05) is 41.0 Å². The van der Waals surface area contributed by atoms with Crippen LogP contribution < -0.4 is 0 Å². The molecule has 0 spiro atoms. The van der Waals surface area contributed by atoms with Crippen LogP contribution >= 0.6 is 0 Å². The average Bonchev–Trinajstić information content (AvgIpc) is 3.27. The molecule has 0 heterocycles. The number of unbranched alkanes of at least 4 members (excludes halogenated alkanes) is 14. The number of likely N-dealkylation sites (N-methyl/N-ethyl adjacent to an activating group) is 1. The highest BCUT2D eigenvalue weighted by Gasteiger charge is 2.31. The summed E-state index contributed by atoms with van der Waals surface area (Å²) in [6.07, 6.45) is 64.2. The minimum absolute atomic E-state index is 0.0369. The number of aliphatic carboxylic acids is 1. The molecule has 0 aromatic carbocycles. The zero-order chi connectivity index (χ0) is 47.7. The van der Waals surface area contributed by atoms with Gasteiger partial charge in [0.1, 0.15) is 6.61 Å². The van der Waals surface area contributed by atoms with Gasteiger partial charge in [0.25, 0.3) is 0 Å². The van der Waals surface area contributed by atoms with Gasteiger partial charge in [-0.1, -0.05) is 181 Å². The third-order valence-corrected chi connectivity index (χ3v) is 10.7. The Morgan fingerprint density at radius 1 is 0.492 bits per heavy atom. The third-order valence-electron chi connectivity index (χ3n) is 10.7. The van der Waals surface area contributed by atoms with Gasteiger partial charge in [0.05, 0.1) is 34.4 Å². The molecule has 8 heteroatoms. The molecule has 0 aromatic rings. The molecule has 0 radical (unpaired) electrons. The highest BCUT2D eigenvalue weighted by Crippen LogP contribution is 2.13. The highest BCUT2D eigenvalue weighted by atomic mass is 16.6. The summed E-state index contributed by atoms with van der Waals surface area (Å²) >= 11 is 0. The van der Waals surface area contributed by atoms with Gasteiger partial charge in [0.2, 0.25) is 0 Å². The van der Waals surface area contributed by atoms with Gasteiger partial charge in [-0.25, -0.2) is 4.79 Å². The summed E-state index contributed by atoms with van der Waals surface area (Å²) < 4.78 is 17.3. The molecule has 0 aliphatic heterocycles. The number of hydrogen-bond acceptors (Lipinski definition) is 6. The van der Waals surface area contributed by atoms with Gasteiger partial charge < -0.3 is 23.8 Å².